The number of hydrogen-bond acceptors (Lipinski definition) is 4. The Morgan fingerprint density at radius 2 is 2.00 bits per heavy atom. The van der Waals surface area contributed by atoms with Gasteiger partial charge in [0, 0.05) is 56.6 Å². The first-order valence-electron chi connectivity index (χ1n) is 7.90. The SMILES string of the molecule is CC(C)N1CCN(c2ncccc2CNC2CC2)CC1. The molecule has 0 unspecified atom stereocenters. The van der Waals surface area contributed by atoms with E-state index in [2.05, 4.69) is 46.1 Å². The number of pyridine rings is 1. The van der Waals surface area contributed by atoms with Gasteiger partial charge in [0.1, 0.15) is 5.82 Å². The zero-order chi connectivity index (χ0) is 13.9. The van der Waals surface area contributed by atoms with Gasteiger partial charge in [-0.3, -0.25) is 4.90 Å². The van der Waals surface area contributed by atoms with Crippen molar-refractivity contribution in [2.75, 3.05) is 31.1 Å². The molecule has 20 heavy (non-hydrogen) atoms. The summed E-state index contributed by atoms with van der Waals surface area (Å²) in [6.45, 7) is 9.98. The molecule has 0 bridgehead atoms. The molecule has 4 heteroatoms. The number of nitrogens with zero attached hydrogens (tertiary/aromatic N) is 3. The van der Waals surface area contributed by atoms with E-state index in [1.807, 2.05) is 6.20 Å². The van der Waals surface area contributed by atoms with Gasteiger partial charge in [0.25, 0.3) is 0 Å². The largest absolute Gasteiger partial charge is 0.354 e. The van der Waals surface area contributed by atoms with Crippen LogP contribution >= 0.6 is 0 Å². The molecule has 1 saturated heterocycles. The number of anilines is 1. The minimum atomic E-state index is 0.650. The standard InChI is InChI=1S/C16H26N4/c1-13(2)19-8-10-20(11-9-19)16-14(4-3-7-17-16)12-18-15-5-6-15/h3-4,7,13,15,18H,5-6,8-12H2,1-2H3. The van der Waals surface area contributed by atoms with E-state index < -0.39 is 0 Å². The minimum absolute atomic E-state index is 0.650. The molecule has 0 aromatic carbocycles. The highest BCUT2D eigenvalue weighted by Crippen LogP contribution is 2.23. The maximum Gasteiger partial charge on any atom is 0.133 e. The smallest absolute Gasteiger partial charge is 0.133 e. The molecule has 1 aliphatic heterocycles. The first-order chi connectivity index (χ1) is 9.74. The Balaban J connectivity index is 1.64. The highest BCUT2D eigenvalue weighted by molar-refractivity contribution is 5.47. The maximum atomic E-state index is 4.64. The van der Waals surface area contributed by atoms with Crippen molar-refractivity contribution in [3.05, 3.63) is 23.9 Å². The molecule has 3 rings (SSSR count). The summed E-state index contributed by atoms with van der Waals surface area (Å²) in [4.78, 5) is 9.63. The van der Waals surface area contributed by atoms with E-state index in [-0.39, 0.29) is 0 Å². The van der Waals surface area contributed by atoms with E-state index in [0.717, 1.165) is 38.8 Å². The predicted molar refractivity (Wildman–Crippen MR) is 83.0 cm³/mol. The lowest BCUT2D eigenvalue weighted by molar-refractivity contribution is 0.209. The van der Waals surface area contributed by atoms with Crippen LogP contribution in [0.3, 0.4) is 0 Å². The van der Waals surface area contributed by atoms with Crippen molar-refractivity contribution < 1.29 is 0 Å². The van der Waals surface area contributed by atoms with E-state index in [9.17, 15) is 0 Å². The zero-order valence-corrected chi connectivity index (χ0v) is 12.7. The van der Waals surface area contributed by atoms with Crippen LogP contribution in [-0.2, 0) is 6.54 Å². The molecule has 110 valence electrons. The fourth-order valence-corrected chi connectivity index (χ4v) is 2.84. The fourth-order valence-electron chi connectivity index (χ4n) is 2.84. The molecule has 2 aliphatic rings. The topological polar surface area (TPSA) is 31.4 Å². The fraction of sp³-hybridized carbons (Fsp3) is 0.688. The molecular formula is C16H26N4. The molecule has 1 saturated carbocycles. The van der Waals surface area contributed by atoms with Gasteiger partial charge in [-0.05, 0) is 32.8 Å². The molecule has 0 radical (unpaired) electrons. The van der Waals surface area contributed by atoms with Gasteiger partial charge in [-0.25, -0.2) is 4.98 Å². The lowest BCUT2D eigenvalue weighted by atomic mass is 10.2. The first-order valence-corrected chi connectivity index (χ1v) is 7.90. The summed E-state index contributed by atoms with van der Waals surface area (Å²) in [5.74, 6) is 1.18. The van der Waals surface area contributed by atoms with Crippen molar-refractivity contribution in [2.45, 2.75) is 45.3 Å². The van der Waals surface area contributed by atoms with Crippen LogP contribution in [0.25, 0.3) is 0 Å². The summed E-state index contributed by atoms with van der Waals surface area (Å²) in [5.41, 5.74) is 1.34. The Bertz CT molecular complexity index is 434. The van der Waals surface area contributed by atoms with Gasteiger partial charge in [-0.2, -0.15) is 0 Å². The molecule has 1 aliphatic carbocycles. The molecule has 4 nitrogen and oxygen atoms in total. The highest BCUT2D eigenvalue weighted by Gasteiger charge is 2.23. The van der Waals surface area contributed by atoms with Crippen LogP contribution in [0.15, 0.2) is 18.3 Å². The number of nitrogens with one attached hydrogen (secondary N) is 1. The van der Waals surface area contributed by atoms with Crippen molar-refractivity contribution in [2.24, 2.45) is 0 Å². The van der Waals surface area contributed by atoms with Crippen LogP contribution in [0.2, 0.25) is 0 Å². The summed E-state index contributed by atoms with van der Waals surface area (Å²) in [5, 5.41) is 3.60. The Morgan fingerprint density at radius 1 is 1.25 bits per heavy atom. The van der Waals surface area contributed by atoms with Gasteiger partial charge in [0.2, 0.25) is 0 Å². The zero-order valence-electron chi connectivity index (χ0n) is 12.7. The number of rotatable bonds is 5. The average molecular weight is 274 g/mol. The van der Waals surface area contributed by atoms with Crippen LogP contribution in [0, 0.1) is 0 Å². The van der Waals surface area contributed by atoms with Gasteiger partial charge in [-0.1, -0.05) is 6.07 Å². The summed E-state index contributed by atoms with van der Waals surface area (Å²) >= 11 is 0. The third-order valence-corrected chi connectivity index (χ3v) is 4.37. The molecule has 0 atom stereocenters. The maximum absolute atomic E-state index is 4.64. The van der Waals surface area contributed by atoms with E-state index in [1.54, 1.807) is 0 Å². The average Bonchev–Trinajstić information content (AvgIpc) is 3.30. The monoisotopic (exact) mass is 274 g/mol. The van der Waals surface area contributed by atoms with Gasteiger partial charge in [0.05, 0.1) is 0 Å². The van der Waals surface area contributed by atoms with Gasteiger partial charge < -0.3 is 10.2 Å². The van der Waals surface area contributed by atoms with Crippen molar-refractivity contribution in [3.8, 4) is 0 Å². The molecule has 1 N–H and O–H groups in total. The van der Waals surface area contributed by atoms with E-state index in [0.29, 0.717) is 6.04 Å². The third-order valence-electron chi connectivity index (χ3n) is 4.37. The minimum Gasteiger partial charge on any atom is -0.354 e. The van der Waals surface area contributed by atoms with E-state index in [4.69, 9.17) is 0 Å². The summed E-state index contributed by atoms with van der Waals surface area (Å²) < 4.78 is 0. The van der Waals surface area contributed by atoms with Crippen molar-refractivity contribution in [1.82, 2.24) is 15.2 Å². The van der Waals surface area contributed by atoms with Crippen molar-refractivity contribution in [3.63, 3.8) is 0 Å². The summed E-state index contributed by atoms with van der Waals surface area (Å²) in [6, 6.07) is 5.67. The Labute approximate surface area is 122 Å². The molecular weight excluding hydrogens is 248 g/mol. The lowest BCUT2D eigenvalue weighted by Crippen LogP contribution is -2.49. The Hall–Kier alpha value is -1.13. The Kier molecular flexibility index (Phi) is 4.22. The van der Waals surface area contributed by atoms with Crippen LogP contribution in [0.1, 0.15) is 32.3 Å². The second kappa shape index (κ2) is 6.10. The quantitative estimate of drug-likeness (QED) is 0.888. The number of hydrogen-bond donors (Lipinski definition) is 1. The highest BCUT2D eigenvalue weighted by atomic mass is 15.3. The van der Waals surface area contributed by atoms with E-state index in [1.165, 1.54) is 24.2 Å². The second-order valence-corrected chi connectivity index (χ2v) is 6.26. The first kappa shape index (κ1) is 13.8. The molecule has 1 aromatic heterocycles. The van der Waals surface area contributed by atoms with Crippen LogP contribution < -0.4 is 10.2 Å². The van der Waals surface area contributed by atoms with E-state index >= 15 is 0 Å². The van der Waals surface area contributed by atoms with Crippen LogP contribution in [0.4, 0.5) is 5.82 Å². The van der Waals surface area contributed by atoms with Gasteiger partial charge in [-0.15, -0.1) is 0 Å². The van der Waals surface area contributed by atoms with Crippen LogP contribution in [-0.4, -0.2) is 48.1 Å². The summed E-state index contributed by atoms with van der Waals surface area (Å²) in [7, 11) is 0. The predicted octanol–water partition coefficient (Wildman–Crippen LogP) is 1.86. The molecule has 0 amide bonds. The number of aromatic nitrogens is 1. The third kappa shape index (κ3) is 3.30. The van der Waals surface area contributed by atoms with Gasteiger partial charge >= 0.3 is 0 Å². The lowest BCUT2D eigenvalue weighted by Gasteiger charge is -2.38. The van der Waals surface area contributed by atoms with Crippen molar-refractivity contribution in [1.29, 1.82) is 0 Å². The van der Waals surface area contributed by atoms with Crippen LogP contribution in [0.5, 0.6) is 0 Å². The number of piperazine rings is 1. The second-order valence-electron chi connectivity index (χ2n) is 6.26. The normalized spacial score (nSPS) is 20.6. The Morgan fingerprint density at radius 3 is 2.65 bits per heavy atom. The summed E-state index contributed by atoms with van der Waals surface area (Å²) in [6.07, 6.45) is 4.59. The molecule has 1 aromatic rings. The molecule has 2 fully saturated rings. The van der Waals surface area contributed by atoms with Gasteiger partial charge in [0.15, 0.2) is 0 Å². The van der Waals surface area contributed by atoms with Crippen molar-refractivity contribution >= 4 is 5.82 Å². The molecule has 2 heterocycles. The molecule has 0 spiro atoms.